The van der Waals surface area contributed by atoms with Crippen LogP contribution in [0, 0.1) is 0 Å². The molecule has 1 atom stereocenters. The molecule has 4 aromatic rings. The van der Waals surface area contributed by atoms with Gasteiger partial charge in [-0.3, -0.25) is 23.8 Å². The van der Waals surface area contributed by atoms with Crippen LogP contribution in [-0.2, 0) is 21.9 Å². The number of hydrogen-bond donors (Lipinski definition) is 1. The van der Waals surface area contributed by atoms with E-state index in [9.17, 15) is 14.4 Å². The van der Waals surface area contributed by atoms with Gasteiger partial charge in [-0.1, -0.05) is 35.5 Å². The minimum Gasteiger partial charge on any atom is -0.467 e. The number of nitrogens with one attached hydrogen (secondary N) is 1. The number of amidine groups is 2. The van der Waals surface area contributed by atoms with Crippen LogP contribution in [0.2, 0.25) is 5.02 Å². The number of hydrogen-bond acceptors (Lipinski definition) is 8. The largest absolute Gasteiger partial charge is 0.467 e. The molecule has 0 saturated carbocycles. The zero-order valence-electron chi connectivity index (χ0n) is 19.7. The van der Waals surface area contributed by atoms with E-state index in [2.05, 4.69) is 15.3 Å². The lowest BCUT2D eigenvalue weighted by Crippen LogP contribution is -2.42. The van der Waals surface area contributed by atoms with Crippen LogP contribution in [0.4, 0.5) is 5.69 Å². The number of pyridine rings is 1. The molecule has 0 fully saturated rings. The van der Waals surface area contributed by atoms with Crippen LogP contribution in [0.5, 0.6) is 0 Å². The van der Waals surface area contributed by atoms with Gasteiger partial charge in [0.1, 0.15) is 23.3 Å². The molecule has 0 aliphatic carbocycles. The Labute approximate surface area is 225 Å². The average Bonchev–Trinajstić information content (AvgIpc) is 3.55. The van der Waals surface area contributed by atoms with Gasteiger partial charge in [-0.05, 0) is 36.4 Å². The van der Waals surface area contributed by atoms with Crippen molar-refractivity contribution in [1.82, 2.24) is 19.6 Å². The molecule has 2 amide bonds. The fourth-order valence-corrected chi connectivity index (χ4v) is 5.27. The first-order valence-corrected chi connectivity index (χ1v) is 13.0. The number of para-hydroxylation sites is 1. The summed E-state index contributed by atoms with van der Waals surface area (Å²) in [6, 6.07) is 14.8. The quantitative estimate of drug-likeness (QED) is 0.395. The van der Waals surface area contributed by atoms with Gasteiger partial charge >= 0.3 is 0 Å². The Balaban J connectivity index is 1.23. The number of rotatable bonds is 6. The van der Waals surface area contributed by atoms with Crippen molar-refractivity contribution in [3.8, 4) is 0 Å². The first-order valence-electron chi connectivity index (χ1n) is 11.7. The van der Waals surface area contributed by atoms with Crippen LogP contribution >= 0.6 is 23.4 Å². The van der Waals surface area contributed by atoms with Gasteiger partial charge in [0.05, 0.1) is 35.6 Å². The van der Waals surface area contributed by atoms with Gasteiger partial charge in [0.2, 0.25) is 5.91 Å². The molecule has 5 heterocycles. The molecule has 0 unspecified atom stereocenters. The molecule has 190 valence electrons. The smallest absolute Gasteiger partial charge is 0.259 e. The van der Waals surface area contributed by atoms with Crippen molar-refractivity contribution in [3.05, 3.63) is 99.5 Å². The fraction of sp³-hybridized carbons (Fsp3) is 0.154. The van der Waals surface area contributed by atoms with Gasteiger partial charge in [-0.2, -0.15) is 0 Å². The molecule has 1 N–H and O–H groups in total. The minimum atomic E-state index is -0.883. The van der Waals surface area contributed by atoms with Crippen molar-refractivity contribution in [1.29, 1.82) is 0 Å². The number of benzene rings is 1. The first-order chi connectivity index (χ1) is 18.5. The third-order valence-electron chi connectivity index (χ3n) is 5.99. The van der Waals surface area contributed by atoms with Gasteiger partial charge in [0.25, 0.3) is 11.5 Å². The lowest BCUT2D eigenvalue weighted by Gasteiger charge is -2.25. The normalized spacial score (nSPS) is 16.2. The number of halogens is 1. The van der Waals surface area contributed by atoms with E-state index < -0.39 is 6.04 Å². The minimum absolute atomic E-state index is 0.106. The Morgan fingerprint density at radius 3 is 2.84 bits per heavy atom. The lowest BCUT2D eigenvalue weighted by atomic mass is 10.1. The fourth-order valence-electron chi connectivity index (χ4n) is 4.22. The number of fused-ring (bicyclic) bond motifs is 4. The highest BCUT2D eigenvalue weighted by molar-refractivity contribution is 8.13. The molecule has 3 aromatic heterocycles. The SMILES string of the molecule is O=C(C[C@H]1N=C2c3ccccc3N=C(SCc3cc(=O)n4cc(Cl)ccc4n3)N2C1=O)NCc1ccco1. The Morgan fingerprint density at radius 1 is 1.13 bits per heavy atom. The molecule has 6 rings (SSSR count). The summed E-state index contributed by atoms with van der Waals surface area (Å²) in [7, 11) is 0. The third kappa shape index (κ3) is 4.61. The molecule has 0 saturated heterocycles. The number of amides is 2. The molecule has 10 nitrogen and oxygen atoms in total. The maximum atomic E-state index is 13.4. The topological polar surface area (TPSA) is 122 Å². The summed E-state index contributed by atoms with van der Waals surface area (Å²) in [6.07, 6.45) is 2.94. The molecule has 12 heteroatoms. The van der Waals surface area contributed by atoms with Crippen molar-refractivity contribution in [3.63, 3.8) is 0 Å². The first kappa shape index (κ1) is 24.1. The maximum Gasteiger partial charge on any atom is 0.259 e. The summed E-state index contributed by atoms with van der Waals surface area (Å²) in [5.74, 6) is 0.706. The molecule has 1 aromatic carbocycles. The van der Waals surface area contributed by atoms with Gasteiger partial charge in [-0.25, -0.2) is 14.9 Å². The van der Waals surface area contributed by atoms with E-state index >= 15 is 0 Å². The van der Waals surface area contributed by atoms with E-state index in [0.717, 1.165) is 0 Å². The number of aliphatic imine (C=N–C) groups is 2. The second-order valence-corrected chi connectivity index (χ2v) is 9.94. The molecular weight excluding hydrogens is 528 g/mol. The highest BCUT2D eigenvalue weighted by atomic mass is 35.5. The number of carbonyl (C=O) groups is 2. The van der Waals surface area contributed by atoms with Crippen molar-refractivity contribution in [2.24, 2.45) is 9.98 Å². The van der Waals surface area contributed by atoms with Crippen molar-refractivity contribution in [2.45, 2.75) is 24.8 Å². The van der Waals surface area contributed by atoms with E-state index in [0.29, 0.717) is 50.1 Å². The molecule has 2 aliphatic rings. The Bertz CT molecular complexity index is 1700. The van der Waals surface area contributed by atoms with Gasteiger partial charge in [0.15, 0.2) is 5.17 Å². The van der Waals surface area contributed by atoms with E-state index in [1.807, 2.05) is 24.3 Å². The second-order valence-electron chi connectivity index (χ2n) is 8.56. The lowest BCUT2D eigenvalue weighted by molar-refractivity contribution is -0.128. The van der Waals surface area contributed by atoms with Gasteiger partial charge in [0, 0.05) is 23.6 Å². The van der Waals surface area contributed by atoms with Gasteiger partial charge < -0.3 is 9.73 Å². The van der Waals surface area contributed by atoms with Crippen LogP contribution in [0.25, 0.3) is 5.65 Å². The summed E-state index contributed by atoms with van der Waals surface area (Å²) >= 11 is 7.27. The van der Waals surface area contributed by atoms with Crippen LogP contribution in [0.15, 0.2) is 86.3 Å². The van der Waals surface area contributed by atoms with Crippen molar-refractivity contribution >= 4 is 57.5 Å². The number of thioether (sulfide) groups is 1. The molecule has 0 radical (unpaired) electrons. The van der Waals surface area contributed by atoms with E-state index in [-0.39, 0.29) is 30.3 Å². The zero-order valence-corrected chi connectivity index (χ0v) is 21.3. The highest BCUT2D eigenvalue weighted by Gasteiger charge is 2.42. The molecule has 0 bridgehead atoms. The maximum absolute atomic E-state index is 13.4. The molecular formula is C26H19ClN6O4S. The zero-order chi connectivity index (χ0) is 26.2. The molecule has 2 aliphatic heterocycles. The Kier molecular flexibility index (Phi) is 6.30. The highest BCUT2D eigenvalue weighted by Crippen LogP contribution is 2.34. The number of carbonyl (C=O) groups excluding carboxylic acids is 2. The third-order valence-corrected chi connectivity index (χ3v) is 7.19. The summed E-state index contributed by atoms with van der Waals surface area (Å²) in [5, 5.41) is 3.60. The summed E-state index contributed by atoms with van der Waals surface area (Å²) in [4.78, 5) is 53.9. The predicted octanol–water partition coefficient (Wildman–Crippen LogP) is 3.54. The summed E-state index contributed by atoms with van der Waals surface area (Å²) in [5.41, 5.74) is 2.12. The van der Waals surface area contributed by atoms with Crippen LogP contribution in [0.1, 0.15) is 23.4 Å². The van der Waals surface area contributed by atoms with E-state index in [1.165, 1.54) is 39.6 Å². The van der Waals surface area contributed by atoms with E-state index in [1.54, 1.807) is 24.3 Å². The van der Waals surface area contributed by atoms with Crippen molar-refractivity contribution in [2.75, 3.05) is 0 Å². The Hall–Kier alpha value is -4.22. The molecule has 38 heavy (non-hydrogen) atoms. The molecule has 0 spiro atoms. The Morgan fingerprint density at radius 2 is 2.00 bits per heavy atom. The predicted molar refractivity (Wildman–Crippen MR) is 144 cm³/mol. The monoisotopic (exact) mass is 546 g/mol. The second kappa shape index (κ2) is 9.92. The summed E-state index contributed by atoms with van der Waals surface area (Å²) < 4.78 is 6.61. The van der Waals surface area contributed by atoms with Crippen molar-refractivity contribution < 1.29 is 14.0 Å². The average molecular weight is 547 g/mol. The van der Waals surface area contributed by atoms with E-state index in [4.69, 9.17) is 21.0 Å². The van der Waals surface area contributed by atoms with Crippen LogP contribution in [0.3, 0.4) is 0 Å². The number of aromatic nitrogens is 2. The summed E-state index contributed by atoms with van der Waals surface area (Å²) in [6.45, 7) is 0.226. The van der Waals surface area contributed by atoms with Crippen LogP contribution in [-0.4, -0.2) is 43.1 Å². The standard InChI is InChI=1S/C26H19ClN6O4S/c27-15-7-8-21-29-16(10-23(35)32(21)13-15)14-38-26-31-19-6-2-1-5-18(19)24-30-20(25(36)33(24)26)11-22(34)28-12-17-4-3-9-37-17/h1-10,13,20H,11-12,14H2,(H,28,34)/t20-/m1/s1. The number of furan rings is 1. The number of nitrogens with zero attached hydrogens (tertiary/aromatic N) is 5. The van der Waals surface area contributed by atoms with Gasteiger partial charge in [-0.15, -0.1) is 0 Å². The van der Waals surface area contributed by atoms with Crippen LogP contribution < -0.4 is 10.9 Å².